The van der Waals surface area contributed by atoms with Gasteiger partial charge in [-0.05, 0) is 30.4 Å². The van der Waals surface area contributed by atoms with Crippen LogP contribution in [0.3, 0.4) is 0 Å². The average molecular weight is 416 g/mol. The van der Waals surface area contributed by atoms with Gasteiger partial charge in [-0.25, -0.2) is 0 Å². The minimum Gasteiger partial charge on any atom is -0.368 e. The molecule has 0 aliphatic carbocycles. The summed E-state index contributed by atoms with van der Waals surface area (Å²) in [5, 5.41) is 4.70. The van der Waals surface area contributed by atoms with E-state index in [-0.39, 0.29) is 5.91 Å². The van der Waals surface area contributed by atoms with Crippen molar-refractivity contribution in [2.45, 2.75) is 0 Å². The van der Waals surface area contributed by atoms with E-state index in [4.69, 9.17) is 23.8 Å². The first-order valence-corrected chi connectivity index (χ1v) is 10.3. The molecular weight excluding hydrogens is 398 g/mol. The van der Waals surface area contributed by atoms with E-state index in [1.165, 1.54) is 17.0 Å². The Morgan fingerprint density at radius 2 is 1.67 bits per heavy atom. The van der Waals surface area contributed by atoms with Gasteiger partial charge in [-0.15, -0.1) is 11.3 Å². The molecule has 1 aromatic heterocycles. The lowest BCUT2D eigenvalue weighted by Crippen LogP contribution is -2.52. The minimum absolute atomic E-state index is 0.239. The lowest BCUT2D eigenvalue weighted by atomic mass is 10.2. The van der Waals surface area contributed by atoms with Crippen molar-refractivity contribution in [3.8, 4) is 0 Å². The second-order valence-electron chi connectivity index (χ2n) is 6.31. The van der Waals surface area contributed by atoms with Crippen LogP contribution in [0, 0.1) is 0 Å². The Bertz CT molecular complexity index is 981. The highest BCUT2D eigenvalue weighted by Crippen LogP contribution is 2.35. The van der Waals surface area contributed by atoms with Crippen LogP contribution in [0.25, 0.3) is 10.1 Å². The van der Waals surface area contributed by atoms with Crippen LogP contribution in [0.15, 0.2) is 54.6 Å². The molecule has 0 saturated carbocycles. The number of carbonyl (C=O) groups excluding carboxylic acids is 1. The van der Waals surface area contributed by atoms with E-state index in [0.29, 0.717) is 15.0 Å². The maximum absolute atomic E-state index is 12.7. The monoisotopic (exact) mass is 415 g/mol. The molecule has 7 heteroatoms. The first-order valence-electron chi connectivity index (χ1n) is 8.71. The van der Waals surface area contributed by atoms with E-state index in [1.54, 1.807) is 0 Å². The Morgan fingerprint density at radius 1 is 1.00 bits per heavy atom. The van der Waals surface area contributed by atoms with Gasteiger partial charge in [-0.1, -0.05) is 48.0 Å². The largest absolute Gasteiger partial charge is 0.368 e. The number of fused-ring (bicyclic) bond motifs is 1. The number of thiocarbonyl (C=S) groups is 1. The van der Waals surface area contributed by atoms with Crippen LogP contribution >= 0.6 is 35.2 Å². The molecular formula is C20H18ClN3OS2. The zero-order chi connectivity index (χ0) is 18.8. The van der Waals surface area contributed by atoms with Gasteiger partial charge < -0.3 is 9.80 Å². The number of thiophene rings is 1. The molecule has 1 N–H and O–H groups in total. The van der Waals surface area contributed by atoms with Gasteiger partial charge in [0, 0.05) is 42.0 Å². The van der Waals surface area contributed by atoms with Crippen molar-refractivity contribution in [1.82, 2.24) is 10.2 Å². The number of rotatable bonds is 2. The number of hydrogen-bond acceptors (Lipinski definition) is 4. The van der Waals surface area contributed by atoms with Gasteiger partial charge >= 0.3 is 0 Å². The van der Waals surface area contributed by atoms with Crippen molar-refractivity contribution in [3.05, 3.63) is 64.5 Å². The van der Waals surface area contributed by atoms with E-state index >= 15 is 0 Å². The van der Waals surface area contributed by atoms with Crippen molar-refractivity contribution in [2.24, 2.45) is 0 Å². The lowest BCUT2D eigenvalue weighted by Gasteiger charge is -2.37. The average Bonchev–Trinajstić information content (AvgIpc) is 3.06. The predicted molar refractivity (Wildman–Crippen MR) is 117 cm³/mol. The Hall–Kier alpha value is -2.15. The number of halogens is 1. The Morgan fingerprint density at radius 3 is 2.37 bits per heavy atom. The van der Waals surface area contributed by atoms with E-state index in [1.807, 2.05) is 47.4 Å². The normalized spacial score (nSPS) is 14.4. The molecule has 0 spiro atoms. The first-order chi connectivity index (χ1) is 13.1. The highest BCUT2D eigenvalue weighted by Gasteiger charge is 2.23. The molecule has 1 fully saturated rings. The smallest absolute Gasteiger partial charge is 0.269 e. The number of nitrogens with one attached hydrogen (secondary N) is 1. The van der Waals surface area contributed by atoms with Crippen molar-refractivity contribution in [1.29, 1.82) is 0 Å². The standard InChI is InChI=1S/C20H18ClN3OS2/c21-17-15-8-4-5-9-16(15)27-18(17)19(25)22-20(26)24-12-10-23(11-13-24)14-6-2-1-3-7-14/h1-9H,10-13H2,(H,22,25,26). The van der Waals surface area contributed by atoms with Crippen LogP contribution in [0.2, 0.25) is 5.02 Å². The molecule has 2 heterocycles. The lowest BCUT2D eigenvalue weighted by molar-refractivity contribution is 0.0977. The molecule has 27 heavy (non-hydrogen) atoms. The number of amides is 1. The summed E-state index contributed by atoms with van der Waals surface area (Å²) in [7, 11) is 0. The zero-order valence-electron chi connectivity index (χ0n) is 14.5. The van der Waals surface area contributed by atoms with Crippen molar-refractivity contribution in [3.63, 3.8) is 0 Å². The minimum atomic E-state index is -0.239. The molecule has 1 amide bonds. The van der Waals surface area contributed by atoms with Gasteiger partial charge in [-0.3, -0.25) is 10.1 Å². The molecule has 4 nitrogen and oxygen atoms in total. The summed E-state index contributed by atoms with van der Waals surface area (Å²) in [6, 6.07) is 18.1. The summed E-state index contributed by atoms with van der Waals surface area (Å²) in [5.74, 6) is -0.239. The maximum Gasteiger partial charge on any atom is 0.269 e. The molecule has 0 unspecified atom stereocenters. The van der Waals surface area contributed by atoms with Gasteiger partial charge in [0.1, 0.15) is 4.88 Å². The second kappa shape index (κ2) is 7.84. The van der Waals surface area contributed by atoms with Crippen molar-refractivity contribution >= 4 is 61.9 Å². The number of piperazine rings is 1. The fraction of sp³-hybridized carbons (Fsp3) is 0.200. The molecule has 1 aliphatic heterocycles. The highest BCUT2D eigenvalue weighted by atomic mass is 35.5. The van der Waals surface area contributed by atoms with E-state index < -0.39 is 0 Å². The summed E-state index contributed by atoms with van der Waals surface area (Å²) < 4.78 is 0.995. The molecule has 138 valence electrons. The third-order valence-electron chi connectivity index (χ3n) is 4.65. The third-order valence-corrected chi connectivity index (χ3v) is 6.68. The molecule has 1 saturated heterocycles. The number of nitrogens with zero attached hydrogens (tertiary/aromatic N) is 2. The Labute approximate surface area is 172 Å². The molecule has 1 aliphatic rings. The van der Waals surface area contributed by atoms with Gasteiger partial charge in [0.05, 0.1) is 5.02 Å². The van der Waals surface area contributed by atoms with Crippen LogP contribution in [-0.2, 0) is 0 Å². The third kappa shape index (κ3) is 3.78. The van der Waals surface area contributed by atoms with E-state index in [9.17, 15) is 4.79 Å². The van der Waals surface area contributed by atoms with Gasteiger partial charge in [0.25, 0.3) is 5.91 Å². The Kier molecular flexibility index (Phi) is 5.29. The van der Waals surface area contributed by atoms with E-state index in [0.717, 1.165) is 36.3 Å². The van der Waals surface area contributed by atoms with Gasteiger partial charge in [0.15, 0.2) is 5.11 Å². The highest BCUT2D eigenvalue weighted by molar-refractivity contribution is 7.80. The molecule has 4 rings (SSSR count). The molecule has 0 bridgehead atoms. The summed E-state index contributed by atoms with van der Waals surface area (Å²) in [6.07, 6.45) is 0. The SMILES string of the molecule is O=C(NC(=S)N1CCN(c2ccccc2)CC1)c1sc2ccccc2c1Cl. The van der Waals surface area contributed by atoms with Crippen LogP contribution in [-0.4, -0.2) is 42.1 Å². The van der Waals surface area contributed by atoms with Gasteiger partial charge in [0.2, 0.25) is 0 Å². The predicted octanol–water partition coefficient (Wildman–Crippen LogP) is 4.39. The number of anilines is 1. The number of hydrogen-bond donors (Lipinski definition) is 1. The Balaban J connectivity index is 1.39. The number of carbonyl (C=O) groups is 1. The molecule has 3 aromatic rings. The fourth-order valence-corrected chi connectivity index (χ4v) is 4.89. The fourth-order valence-electron chi connectivity index (χ4n) is 3.20. The molecule has 0 radical (unpaired) electrons. The summed E-state index contributed by atoms with van der Waals surface area (Å²) in [5.41, 5.74) is 1.21. The van der Waals surface area contributed by atoms with Crippen LogP contribution in [0.5, 0.6) is 0 Å². The zero-order valence-corrected chi connectivity index (χ0v) is 16.9. The van der Waals surface area contributed by atoms with Crippen molar-refractivity contribution in [2.75, 3.05) is 31.1 Å². The van der Waals surface area contributed by atoms with Crippen LogP contribution in [0.4, 0.5) is 5.69 Å². The van der Waals surface area contributed by atoms with Crippen LogP contribution < -0.4 is 10.2 Å². The maximum atomic E-state index is 12.7. The summed E-state index contributed by atoms with van der Waals surface area (Å²) in [6.45, 7) is 3.27. The molecule has 0 atom stereocenters. The quantitative estimate of drug-likeness (QED) is 0.629. The van der Waals surface area contributed by atoms with Crippen molar-refractivity contribution < 1.29 is 4.79 Å². The first kappa shape index (κ1) is 18.2. The molecule has 2 aromatic carbocycles. The van der Waals surface area contributed by atoms with E-state index in [2.05, 4.69) is 22.3 Å². The summed E-state index contributed by atoms with van der Waals surface area (Å²) in [4.78, 5) is 17.5. The van der Waals surface area contributed by atoms with Gasteiger partial charge in [-0.2, -0.15) is 0 Å². The summed E-state index contributed by atoms with van der Waals surface area (Å²) >= 11 is 13.2. The second-order valence-corrected chi connectivity index (χ2v) is 8.13. The number of benzene rings is 2. The number of para-hydroxylation sites is 1. The topological polar surface area (TPSA) is 35.6 Å². The van der Waals surface area contributed by atoms with Crippen LogP contribution in [0.1, 0.15) is 9.67 Å².